The number of carboxylic acid groups (broad SMARTS) is 1. The third-order valence-electron chi connectivity index (χ3n) is 2.01. The average Bonchev–Trinajstić information content (AvgIpc) is 2.11. The van der Waals surface area contributed by atoms with Crippen molar-refractivity contribution in [3.05, 3.63) is 33.8 Å². The molecule has 0 aliphatic carbocycles. The molecule has 0 aromatic heterocycles. The molecule has 5 heteroatoms. The van der Waals surface area contributed by atoms with Gasteiger partial charge in [-0.1, -0.05) is 28.1 Å². The summed E-state index contributed by atoms with van der Waals surface area (Å²) >= 11 is 3.38. The van der Waals surface area contributed by atoms with Gasteiger partial charge in [-0.2, -0.15) is 0 Å². The van der Waals surface area contributed by atoms with Crippen molar-refractivity contribution in [2.75, 3.05) is 0 Å². The van der Waals surface area contributed by atoms with Crippen LogP contribution >= 0.6 is 28.3 Å². The first kappa shape index (κ1) is 14.4. The second-order valence-corrected chi connectivity index (χ2v) is 4.09. The lowest BCUT2D eigenvalue weighted by atomic mass is 10.1. The van der Waals surface area contributed by atoms with Crippen molar-refractivity contribution in [3.8, 4) is 0 Å². The number of carboxylic acids is 1. The predicted molar refractivity (Wildman–Crippen MR) is 65.4 cm³/mol. The highest BCUT2D eigenvalue weighted by Gasteiger charge is 2.12. The number of halogens is 2. The van der Waals surface area contributed by atoms with Gasteiger partial charge in [0.05, 0.1) is 0 Å². The Bertz CT molecular complexity index is 357. The summed E-state index contributed by atoms with van der Waals surface area (Å²) in [6, 6.07) is 4.90. The second-order valence-electron chi connectivity index (χ2n) is 3.23. The molecule has 1 rings (SSSR count). The molecule has 1 aromatic carbocycles. The molecule has 0 spiro atoms. The van der Waals surface area contributed by atoms with E-state index in [9.17, 15) is 4.79 Å². The fourth-order valence-electron chi connectivity index (χ4n) is 1.10. The summed E-state index contributed by atoms with van der Waals surface area (Å²) in [4.78, 5) is 10.5. The minimum Gasteiger partial charge on any atom is -0.480 e. The molecule has 0 fully saturated rings. The zero-order valence-corrected chi connectivity index (χ0v) is 10.6. The molecule has 0 aliphatic heterocycles. The molecule has 0 aliphatic rings. The highest BCUT2D eigenvalue weighted by Crippen LogP contribution is 2.18. The molecule has 0 unspecified atom stereocenters. The molecule has 15 heavy (non-hydrogen) atoms. The molecule has 0 bridgehead atoms. The van der Waals surface area contributed by atoms with Crippen molar-refractivity contribution < 1.29 is 9.90 Å². The minimum absolute atomic E-state index is 0. The minimum atomic E-state index is -0.971. The molecule has 0 heterocycles. The van der Waals surface area contributed by atoms with E-state index in [1.807, 2.05) is 25.1 Å². The molecule has 0 saturated carbocycles. The van der Waals surface area contributed by atoms with Crippen molar-refractivity contribution in [1.82, 2.24) is 0 Å². The van der Waals surface area contributed by atoms with E-state index in [1.165, 1.54) is 0 Å². The van der Waals surface area contributed by atoms with Gasteiger partial charge in [-0.05, 0) is 30.5 Å². The Morgan fingerprint density at radius 1 is 1.60 bits per heavy atom. The molecule has 0 amide bonds. The fraction of sp³-hybridized carbons (Fsp3) is 0.300. The molecular formula is C10H13BrClNO2. The van der Waals surface area contributed by atoms with Crippen molar-refractivity contribution in [2.45, 2.75) is 19.4 Å². The quantitative estimate of drug-likeness (QED) is 0.897. The molecular weight excluding hydrogens is 281 g/mol. The first-order valence-corrected chi connectivity index (χ1v) is 5.03. The van der Waals surface area contributed by atoms with E-state index in [2.05, 4.69) is 15.9 Å². The molecule has 1 atom stereocenters. The van der Waals surface area contributed by atoms with E-state index in [0.29, 0.717) is 6.42 Å². The third kappa shape index (κ3) is 4.20. The van der Waals surface area contributed by atoms with E-state index in [4.69, 9.17) is 10.8 Å². The standard InChI is InChI=1S/C10H12BrNO2.ClH/c1-6-2-3-7(4-8(6)11)5-9(12)10(13)14;/h2-4,9H,5,12H2,1H3,(H,13,14);1H/t9-;/m0./s1. The number of aliphatic carboxylic acids is 1. The van der Waals surface area contributed by atoms with Gasteiger partial charge >= 0.3 is 5.97 Å². The second kappa shape index (κ2) is 6.10. The molecule has 84 valence electrons. The lowest BCUT2D eigenvalue weighted by Gasteiger charge is -2.07. The Morgan fingerprint density at radius 2 is 2.20 bits per heavy atom. The largest absolute Gasteiger partial charge is 0.480 e. The molecule has 1 aromatic rings. The highest BCUT2D eigenvalue weighted by molar-refractivity contribution is 9.10. The Balaban J connectivity index is 0.00000196. The predicted octanol–water partition coefficient (Wildman–Crippen LogP) is 2.13. The fourth-order valence-corrected chi connectivity index (χ4v) is 1.53. The summed E-state index contributed by atoms with van der Waals surface area (Å²) in [6.45, 7) is 1.98. The number of rotatable bonds is 3. The van der Waals surface area contributed by atoms with Crippen LogP contribution in [0.1, 0.15) is 11.1 Å². The summed E-state index contributed by atoms with van der Waals surface area (Å²) in [5.74, 6) is -0.971. The third-order valence-corrected chi connectivity index (χ3v) is 2.86. The maximum atomic E-state index is 10.5. The van der Waals surface area contributed by atoms with Crippen molar-refractivity contribution in [1.29, 1.82) is 0 Å². The van der Waals surface area contributed by atoms with Gasteiger partial charge in [0.2, 0.25) is 0 Å². The van der Waals surface area contributed by atoms with Crippen LogP contribution in [-0.4, -0.2) is 17.1 Å². The van der Waals surface area contributed by atoms with Crippen LogP contribution in [0.3, 0.4) is 0 Å². The number of carbonyl (C=O) groups is 1. The summed E-state index contributed by atoms with van der Waals surface area (Å²) in [5, 5.41) is 8.63. The van der Waals surface area contributed by atoms with Crippen LogP contribution < -0.4 is 5.73 Å². The number of hydrogen-bond acceptors (Lipinski definition) is 2. The maximum Gasteiger partial charge on any atom is 0.320 e. The molecule has 3 nitrogen and oxygen atoms in total. The number of hydrogen-bond donors (Lipinski definition) is 2. The highest BCUT2D eigenvalue weighted by atomic mass is 79.9. The van der Waals surface area contributed by atoms with Gasteiger partial charge in [-0.25, -0.2) is 0 Å². The number of aryl methyl sites for hydroxylation is 1. The zero-order chi connectivity index (χ0) is 10.7. The zero-order valence-electron chi connectivity index (χ0n) is 8.24. The SMILES string of the molecule is Cc1ccc(C[C@H](N)C(=O)O)cc1Br.Cl. The van der Waals surface area contributed by atoms with Crippen molar-refractivity contribution in [3.63, 3.8) is 0 Å². The van der Waals surface area contributed by atoms with Gasteiger partial charge in [0.1, 0.15) is 6.04 Å². The first-order valence-electron chi connectivity index (χ1n) is 4.24. The Kier molecular flexibility index (Phi) is 5.87. The van der Waals surface area contributed by atoms with Gasteiger partial charge in [0, 0.05) is 4.47 Å². The van der Waals surface area contributed by atoms with Crippen LogP contribution in [0.2, 0.25) is 0 Å². The Morgan fingerprint density at radius 3 is 2.67 bits per heavy atom. The van der Waals surface area contributed by atoms with Gasteiger partial charge in [-0.15, -0.1) is 12.4 Å². The van der Waals surface area contributed by atoms with E-state index in [0.717, 1.165) is 15.6 Å². The molecule has 0 saturated heterocycles. The van der Waals surface area contributed by atoms with Crippen molar-refractivity contribution >= 4 is 34.3 Å². The molecule has 3 N–H and O–H groups in total. The molecule has 0 radical (unpaired) electrons. The van der Waals surface area contributed by atoms with E-state index in [-0.39, 0.29) is 12.4 Å². The summed E-state index contributed by atoms with van der Waals surface area (Å²) in [6.07, 6.45) is 0.355. The smallest absolute Gasteiger partial charge is 0.320 e. The monoisotopic (exact) mass is 293 g/mol. The van der Waals surface area contributed by atoms with Gasteiger partial charge < -0.3 is 10.8 Å². The number of benzene rings is 1. The summed E-state index contributed by atoms with van der Waals surface area (Å²) < 4.78 is 0.979. The summed E-state index contributed by atoms with van der Waals surface area (Å²) in [5.41, 5.74) is 7.47. The maximum absolute atomic E-state index is 10.5. The topological polar surface area (TPSA) is 63.3 Å². The van der Waals surface area contributed by atoms with E-state index < -0.39 is 12.0 Å². The summed E-state index contributed by atoms with van der Waals surface area (Å²) in [7, 11) is 0. The van der Waals surface area contributed by atoms with Crippen LogP contribution in [0.25, 0.3) is 0 Å². The van der Waals surface area contributed by atoms with Crippen LogP contribution in [0, 0.1) is 6.92 Å². The normalized spacial score (nSPS) is 11.7. The van der Waals surface area contributed by atoms with Crippen LogP contribution in [-0.2, 0) is 11.2 Å². The van der Waals surface area contributed by atoms with E-state index in [1.54, 1.807) is 0 Å². The Hall–Kier alpha value is -0.580. The van der Waals surface area contributed by atoms with Crippen LogP contribution in [0.5, 0.6) is 0 Å². The van der Waals surface area contributed by atoms with E-state index >= 15 is 0 Å². The van der Waals surface area contributed by atoms with Gasteiger partial charge in [0.25, 0.3) is 0 Å². The lowest BCUT2D eigenvalue weighted by Crippen LogP contribution is -2.32. The number of nitrogens with two attached hydrogens (primary N) is 1. The van der Waals surface area contributed by atoms with Gasteiger partial charge in [-0.3, -0.25) is 4.79 Å². The van der Waals surface area contributed by atoms with Gasteiger partial charge in [0.15, 0.2) is 0 Å². The average molecular weight is 295 g/mol. The van der Waals surface area contributed by atoms with Crippen LogP contribution in [0.4, 0.5) is 0 Å². The lowest BCUT2D eigenvalue weighted by molar-refractivity contribution is -0.138. The Labute approximate surface area is 103 Å². The van der Waals surface area contributed by atoms with Crippen LogP contribution in [0.15, 0.2) is 22.7 Å². The first-order chi connectivity index (χ1) is 6.50. The van der Waals surface area contributed by atoms with Crippen molar-refractivity contribution in [2.24, 2.45) is 5.73 Å².